The van der Waals surface area contributed by atoms with Crippen LogP contribution in [-0.4, -0.2) is 58.4 Å². The van der Waals surface area contributed by atoms with Gasteiger partial charge in [0.1, 0.15) is 0 Å². The molecule has 0 radical (unpaired) electrons. The van der Waals surface area contributed by atoms with Gasteiger partial charge in [-0.3, -0.25) is 9.59 Å². The molecule has 0 aromatic carbocycles. The van der Waals surface area contributed by atoms with Crippen LogP contribution in [0.15, 0.2) is 0 Å². The third-order valence-corrected chi connectivity index (χ3v) is 4.71. The lowest BCUT2D eigenvalue weighted by molar-refractivity contribution is -0.158. The first kappa shape index (κ1) is 24.6. The van der Waals surface area contributed by atoms with E-state index in [0.717, 1.165) is 0 Å². The van der Waals surface area contributed by atoms with E-state index in [2.05, 4.69) is 9.39 Å². The predicted octanol–water partition coefficient (Wildman–Crippen LogP) is 1.92. The molecule has 150 valence electrons. The molecule has 0 saturated heterocycles. The number of ether oxygens (including phenoxy) is 3. The molecule has 0 saturated carbocycles. The molecule has 0 heterocycles. The fourth-order valence-electron chi connectivity index (χ4n) is 1.77. The molecule has 0 aliphatic rings. The lowest BCUT2D eigenvalue weighted by atomic mass is 10.1. The van der Waals surface area contributed by atoms with Gasteiger partial charge in [0.05, 0.1) is 25.2 Å². The van der Waals surface area contributed by atoms with E-state index in [-0.39, 0.29) is 25.1 Å². The maximum atomic E-state index is 12.3. The van der Waals surface area contributed by atoms with Crippen LogP contribution in [0.2, 0.25) is 0 Å². The zero-order valence-corrected chi connectivity index (χ0v) is 16.9. The second kappa shape index (κ2) is 14.8. The summed E-state index contributed by atoms with van der Waals surface area (Å²) in [7, 11) is -0.0174. The van der Waals surface area contributed by atoms with Gasteiger partial charge in [0.25, 0.3) is 5.97 Å². The van der Waals surface area contributed by atoms with Crippen LogP contribution >= 0.6 is 8.38 Å². The smallest absolute Gasteiger partial charge is 0.511 e. The van der Waals surface area contributed by atoms with Gasteiger partial charge < -0.3 is 27.9 Å². The minimum absolute atomic E-state index is 0.0495. The van der Waals surface area contributed by atoms with E-state index in [9.17, 15) is 14.4 Å². The number of carbonyl (C=O) groups is 3. The van der Waals surface area contributed by atoms with E-state index in [1.807, 2.05) is 13.8 Å². The van der Waals surface area contributed by atoms with Crippen LogP contribution in [0.4, 0.5) is 4.79 Å². The van der Waals surface area contributed by atoms with Crippen molar-refractivity contribution >= 4 is 34.5 Å². The van der Waals surface area contributed by atoms with Crippen molar-refractivity contribution in [3.8, 4) is 0 Å². The van der Waals surface area contributed by atoms with Crippen LogP contribution in [0.1, 0.15) is 40.5 Å². The molecule has 0 fully saturated rings. The molecule has 0 N–H and O–H groups in total. The summed E-state index contributed by atoms with van der Waals surface area (Å²) in [5.41, 5.74) is 0. The van der Waals surface area contributed by atoms with Crippen molar-refractivity contribution in [2.24, 2.45) is 5.92 Å². The predicted molar refractivity (Wildman–Crippen MR) is 96.1 cm³/mol. The molecule has 0 bridgehead atoms. The normalized spacial score (nSPS) is 11.9. The Kier molecular flexibility index (Phi) is 14.0. The molecule has 26 heavy (non-hydrogen) atoms. The Labute approximate surface area is 156 Å². The molecule has 0 aromatic rings. The summed E-state index contributed by atoms with van der Waals surface area (Å²) in [6.45, 7) is 7.29. The van der Waals surface area contributed by atoms with Crippen LogP contribution in [0, 0.1) is 5.92 Å². The first-order valence-corrected chi connectivity index (χ1v) is 9.80. The van der Waals surface area contributed by atoms with Crippen molar-refractivity contribution in [1.82, 2.24) is 0 Å². The minimum atomic E-state index is -1.29. The first-order chi connectivity index (χ1) is 12.3. The van der Waals surface area contributed by atoms with E-state index >= 15 is 0 Å². The van der Waals surface area contributed by atoms with Crippen molar-refractivity contribution in [2.45, 2.75) is 46.6 Å². The summed E-state index contributed by atoms with van der Waals surface area (Å²) in [6, 6.07) is 0. The second-order valence-corrected chi connectivity index (χ2v) is 6.85. The van der Waals surface area contributed by atoms with E-state index in [4.69, 9.17) is 18.5 Å². The Balaban J connectivity index is 4.66. The van der Waals surface area contributed by atoms with Crippen LogP contribution < -0.4 is 0 Å². The Morgan fingerprint density at radius 1 is 1.04 bits per heavy atom. The summed E-state index contributed by atoms with van der Waals surface area (Å²) in [5, 5.41) is 0. The minimum Gasteiger partial charge on any atom is -0.543 e. The molecule has 0 rings (SSSR count). The molecule has 1 atom stereocenters. The monoisotopic (exact) mass is 394 g/mol. The highest BCUT2D eigenvalue weighted by Crippen LogP contribution is 2.41. The van der Waals surface area contributed by atoms with E-state index in [1.165, 1.54) is 8.05 Å². The molecular formula is C15H28BO9P. The van der Waals surface area contributed by atoms with Crippen LogP contribution in [-0.2, 0) is 37.5 Å². The third-order valence-electron chi connectivity index (χ3n) is 2.88. The second-order valence-electron chi connectivity index (χ2n) is 5.30. The lowest BCUT2D eigenvalue weighted by Gasteiger charge is -2.21. The van der Waals surface area contributed by atoms with Gasteiger partial charge in [0.15, 0.2) is 8.38 Å². The van der Waals surface area contributed by atoms with E-state index < -0.39 is 39.2 Å². The van der Waals surface area contributed by atoms with Gasteiger partial charge in [-0.1, -0.05) is 0 Å². The van der Waals surface area contributed by atoms with Crippen molar-refractivity contribution in [3.63, 3.8) is 0 Å². The Bertz CT molecular complexity index is 427. The highest BCUT2D eigenvalue weighted by atomic mass is 31.2. The summed E-state index contributed by atoms with van der Waals surface area (Å²) in [5.74, 6) is -1.70. The fraction of sp³-hybridized carbons (Fsp3) is 0.800. The van der Waals surface area contributed by atoms with Gasteiger partial charge in [-0.15, -0.1) is 0 Å². The molecule has 0 aliphatic carbocycles. The van der Waals surface area contributed by atoms with Crippen molar-refractivity contribution in [1.29, 1.82) is 0 Å². The fourth-order valence-corrected chi connectivity index (χ4v) is 3.32. The van der Waals surface area contributed by atoms with Crippen molar-refractivity contribution < 1.29 is 42.3 Å². The average molecular weight is 394 g/mol. The van der Waals surface area contributed by atoms with Crippen molar-refractivity contribution in [3.05, 3.63) is 0 Å². The van der Waals surface area contributed by atoms with Crippen LogP contribution in [0.5, 0.6) is 0 Å². The number of rotatable bonds is 13. The molecule has 0 amide bonds. The number of esters is 1. The number of hydrogen-bond acceptors (Lipinski definition) is 9. The van der Waals surface area contributed by atoms with Gasteiger partial charge in [-0.05, 0) is 34.1 Å². The average Bonchev–Trinajstić information content (AvgIpc) is 2.57. The number of hydrogen-bond donors (Lipinski definition) is 0. The quantitative estimate of drug-likeness (QED) is 0.200. The molecular weight excluding hydrogens is 366 g/mol. The lowest BCUT2D eigenvalue weighted by Crippen LogP contribution is -2.25. The largest absolute Gasteiger partial charge is 0.543 e. The standard InChI is InChI=1S/C15H28BO9P/c1-5-22-26(23-6-2)9-12(7-8-13(17)25-16)14(18)20-10-21-15(19)24-11(3)4/h11-12H,5-10,16H2,1-4H3. The van der Waals surface area contributed by atoms with Gasteiger partial charge in [-0.2, -0.15) is 0 Å². The van der Waals surface area contributed by atoms with E-state index in [0.29, 0.717) is 13.2 Å². The third kappa shape index (κ3) is 12.1. The maximum Gasteiger partial charge on any atom is 0.511 e. The maximum absolute atomic E-state index is 12.3. The zero-order chi connectivity index (χ0) is 19.9. The summed E-state index contributed by atoms with van der Waals surface area (Å²) >= 11 is 0. The molecule has 11 heteroatoms. The van der Waals surface area contributed by atoms with Crippen LogP contribution in [0.3, 0.4) is 0 Å². The summed E-state index contributed by atoms with van der Waals surface area (Å²) in [6.07, 6.45) is -0.741. The molecule has 0 aromatic heterocycles. The highest BCUT2D eigenvalue weighted by Gasteiger charge is 2.27. The highest BCUT2D eigenvalue weighted by molar-refractivity contribution is 7.47. The summed E-state index contributed by atoms with van der Waals surface area (Å²) < 4.78 is 30.0. The Hall–Kier alpha value is -1.38. The topological polar surface area (TPSA) is 107 Å². The van der Waals surface area contributed by atoms with Crippen molar-refractivity contribution in [2.75, 3.05) is 26.2 Å². The zero-order valence-electron chi connectivity index (χ0n) is 16.0. The Morgan fingerprint density at radius 2 is 1.65 bits per heavy atom. The molecule has 1 unspecified atom stereocenters. The van der Waals surface area contributed by atoms with Gasteiger partial charge in [0, 0.05) is 12.6 Å². The first-order valence-electron chi connectivity index (χ1n) is 8.44. The van der Waals surface area contributed by atoms with E-state index in [1.54, 1.807) is 13.8 Å². The number of carbonyl (C=O) groups excluding carboxylic acids is 3. The Morgan fingerprint density at radius 3 is 2.15 bits per heavy atom. The molecule has 9 nitrogen and oxygen atoms in total. The van der Waals surface area contributed by atoms with Crippen LogP contribution in [0.25, 0.3) is 0 Å². The molecule has 0 aliphatic heterocycles. The summed E-state index contributed by atoms with van der Waals surface area (Å²) in [4.78, 5) is 34.9. The SMILES string of the molecule is BOC(=O)CCC(CP(OCC)OCC)C(=O)OCOC(=O)OC(C)C. The molecule has 0 spiro atoms. The van der Waals surface area contributed by atoms with Gasteiger partial charge in [-0.25, -0.2) is 4.79 Å². The van der Waals surface area contributed by atoms with Gasteiger partial charge in [0.2, 0.25) is 6.79 Å². The van der Waals surface area contributed by atoms with Gasteiger partial charge >= 0.3 is 20.2 Å².